The van der Waals surface area contributed by atoms with Gasteiger partial charge in [0, 0.05) is 32.2 Å². The van der Waals surface area contributed by atoms with Gasteiger partial charge in [0.2, 0.25) is 0 Å². The average Bonchev–Trinajstić information content (AvgIpc) is 3.38. The number of rotatable bonds is 5. The monoisotopic (exact) mass is 349 g/mol. The Labute approximate surface area is 150 Å². The first kappa shape index (κ1) is 16.1. The maximum atomic E-state index is 12.5. The number of hydrogen-bond donors (Lipinski definition) is 1. The highest BCUT2D eigenvalue weighted by Crippen LogP contribution is 2.19. The second-order valence-corrected chi connectivity index (χ2v) is 6.05. The molecule has 0 unspecified atom stereocenters. The quantitative estimate of drug-likeness (QED) is 0.596. The molecule has 0 aliphatic heterocycles. The molecule has 0 fully saturated rings. The van der Waals surface area contributed by atoms with E-state index < -0.39 is 0 Å². The summed E-state index contributed by atoms with van der Waals surface area (Å²) in [4.78, 5) is 16.8. The number of imidazole rings is 1. The minimum absolute atomic E-state index is 0.163. The van der Waals surface area contributed by atoms with Crippen LogP contribution in [0, 0.1) is 0 Å². The van der Waals surface area contributed by atoms with Gasteiger partial charge in [-0.3, -0.25) is 9.20 Å². The summed E-state index contributed by atoms with van der Waals surface area (Å²) in [7, 11) is 1.95. The normalized spacial score (nSPS) is 11.2. The molecule has 0 aliphatic carbocycles. The predicted molar refractivity (Wildman–Crippen MR) is 96.5 cm³/mol. The van der Waals surface area contributed by atoms with Gasteiger partial charge in [0.25, 0.3) is 5.91 Å². The second kappa shape index (κ2) is 6.47. The molecule has 132 valence electrons. The Morgan fingerprint density at radius 1 is 1.19 bits per heavy atom. The zero-order valence-electron chi connectivity index (χ0n) is 14.6. The van der Waals surface area contributed by atoms with Crippen LogP contribution in [0.3, 0.4) is 0 Å². The lowest BCUT2D eigenvalue weighted by molar-refractivity contribution is 0.0950. The zero-order valence-corrected chi connectivity index (χ0v) is 14.6. The van der Waals surface area contributed by atoms with Crippen molar-refractivity contribution in [3.8, 4) is 11.5 Å². The van der Waals surface area contributed by atoms with Gasteiger partial charge in [0.05, 0.1) is 29.8 Å². The lowest BCUT2D eigenvalue weighted by Crippen LogP contribution is -2.23. The Hall–Kier alpha value is -3.42. The molecule has 0 radical (unpaired) electrons. The third-order valence-corrected chi connectivity index (χ3v) is 4.32. The van der Waals surface area contributed by atoms with E-state index in [1.807, 2.05) is 52.0 Å². The number of pyridine rings is 1. The zero-order chi connectivity index (χ0) is 18.1. The summed E-state index contributed by atoms with van der Waals surface area (Å²) >= 11 is 0. The molecule has 8 nitrogen and oxygen atoms in total. The maximum Gasteiger partial charge on any atom is 0.253 e. The average molecular weight is 349 g/mol. The summed E-state index contributed by atoms with van der Waals surface area (Å²) < 4.78 is 5.76. The number of carbonyl (C=O) groups excluding carboxylic acids is 1. The van der Waals surface area contributed by atoms with Gasteiger partial charge in [-0.1, -0.05) is 0 Å². The molecule has 26 heavy (non-hydrogen) atoms. The van der Waals surface area contributed by atoms with E-state index in [4.69, 9.17) is 0 Å². The van der Waals surface area contributed by atoms with Crippen LogP contribution >= 0.6 is 0 Å². The van der Waals surface area contributed by atoms with Crippen LogP contribution in [0.5, 0.6) is 0 Å². The Morgan fingerprint density at radius 3 is 2.81 bits per heavy atom. The van der Waals surface area contributed by atoms with Crippen molar-refractivity contribution in [1.82, 2.24) is 34.0 Å². The van der Waals surface area contributed by atoms with Crippen LogP contribution < -0.4 is 5.32 Å². The van der Waals surface area contributed by atoms with E-state index in [0.717, 1.165) is 17.9 Å². The molecule has 1 amide bonds. The van der Waals surface area contributed by atoms with Crippen molar-refractivity contribution < 1.29 is 4.79 Å². The summed E-state index contributed by atoms with van der Waals surface area (Å²) in [5, 5.41) is 11.3. The summed E-state index contributed by atoms with van der Waals surface area (Å²) in [6.07, 6.45) is 7.40. The third kappa shape index (κ3) is 2.85. The minimum atomic E-state index is -0.163. The first-order chi connectivity index (χ1) is 12.7. The highest BCUT2D eigenvalue weighted by molar-refractivity contribution is 5.94. The first-order valence-corrected chi connectivity index (χ1v) is 8.41. The van der Waals surface area contributed by atoms with Crippen LogP contribution in [0.1, 0.15) is 23.0 Å². The molecule has 0 aromatic carbocycles. The smallest absolute Gasteiger partial charge is 0.253 e. The second-order valence-electron chi connectivity index (χ2n) is 6.05. The molecule has 4 aromatic rings. The molecule has 1 N–H and O–H groups in total. The maximum absolute atomic E-state index is 12.5. The van der Waals surface area contributed by atoms with Gasteiger partial charge in [-0.15, -0.1) is 10.2 Å². The number of carbonyl (C=O) groups is 1. The van der Waals surface area contributed by atoms with E-state index in [1.54, 1.807) is 24.7 Å². The van der Waals surface area contributed by atoms with Gasteiger partial charge in [0.1, 0.15) is 0 Å². The molecule has 0 bridgehead atoms. The molecule has 4 rings (SSSR count). The van der Waals surface area contributed by atoms with Gasteiger partial charge in [0.15, 0.2) is 11.5 Å². The van der Waals surface area contributed by atoms with Crippen LogP contribution in [-0.2, 0) is 20.1 Å². The van der Waals surface area contributed by atoms with E-state index in [2.05, 4.69) is 20.5 Å². The summed E-state index contributed by atoms with van der Waals surface area (Å²) in [6, 6.07) is 7.45. The standard InChI is InChI=1S/C18H19N7O/c1-3-24-11-14(20-12-24)9-19-18(26)13-6-7-16-21-22-17(25(16)10-13)15-5-4-8-23(15)2/h4-8,10-12H,3,9H2,1-2H3,(H,19,26). The van der Waals surface area contributed by atoms with Gasteiger partial charge in [-0.2, -0.15) is 0 Å². The van der Waals surface area contributed by atoms with Gasteiger partial charge < -0.3 is 14.5 Å². The van der Waals surface area contributed by atoms with Crippen LogP contribution in [0.4, 0.5) is 0 Å². The Kier molecular flexibility index (Phi) is 4.00. The Bertz CT molecular complexity index is 1070. The predicted octanol–water partition coefficient (Wildman–Crippen LogP) is 1.88. The molecule has 0 aliphatic rings. The van der Waals surface area contributed by atoms with Crippen molar-refractivity contribution in [2.75, 3.05) is 0 Å². The molecule has 0 spiro atoms. The molecule has 0 saturated carbocycles. The number of nitrogens with zero attached hydrogens (tertiary/aromatic N) is 6. The summed E-state index contributed by atoms with van der Waals surface area (Å²) in [6.45, 7) is 3.28. The van der Waals surface area contributed by atoms with E-state index in [-0.39, 0.29) is 5.91 Å². The van der Waals surface area contributed by atoms with E-state index in [1.165, 1.54) is 0 Å². The van der Waals surface area contributed by atoms with Crippen molar-refractivity contribution in [2.24, 2.45) is 7.05 Å². The molecule has 0 atom stereocenters. The number of aromatic nitrogens is 6. The Balaban J connectivity index is 1.58. The molecular weight excluding hydrogens is 330 g/mol. The van der Waals surface area contributed by atoms with Crippen molar-refractivity contribution in [2.45, 2.75) is 20.0 Å². The molecule has 4 aromatic heterocycles. The number of nitrogens with one attached hydrogen (secondary N) is 1. The molecular formula is C18H19N7O. The third-order valence-electron chi connectivity index (χ3n) is 4.32. The van der Waals surface area contributed by atoms with Crippen molar-refractivity contribution in [1.29, 1.82) is 0 Å². The SMILES string of the molecule is CCn1cnc(CNC(=O)c2ccc3nnc(-c4cccn4C)n3c2)c1. The summed E-state index contributed by atoms with van der Waals surface area (Å²) in [5.74, 6) is 0.535. The van der Waals surface area contributed by atoms with Gasteiger partial charge in [-0.25, -0.2) is 4.98 Å². The fourth-order valence-electron chi connectivity index (χ4n) is 2.84. The van der Waals surface area contributed by atoms with Crippen molar-refractivity contribution in [3.05, 3.63) is 60.4 Å². The number of amides is 1. The van der Waals surface area contributed by atoms with Crippen molar-refractivity contribution in [3.63, 3.8) is 0 Å². The molecule has 0 saturated heterocycles. The van der Waals surface area contributed by atoms with Crippen LogP contribution in [0.15, 0.2) is 49.2 Å². The highest BCUT2D eigenvalue weighted by Gasteiger charge is 2.13. The van der Waals surface area contributed by atoms with Crippen LogP contribution in [-0.4, -0.2) is 34.6 Å². The van der Waals surface area contributed by atoms with Crippen LogP contribution in [0.2, 0.25) is 0 Å². The van der Waals surface area contributed by atoms with E-state index in [0.29, 0.717) is 23.6 Å². The van der Waals surface area contributed by atoms with Crippen molar-refractivity contribution >= 4 is 11.6 Å². The largest absolute Gasteiger partial charge is 0.348 e. The van der Waals surface area contributed by atoms with E-state index >= 15 is 0 Å². The fourth-order valence-corrected chi connectivity index (χ4v) is 2.84. The Morgan fingerprint density at radius 2 is 2.08 bits per heavy atom. The lowest BCUT2D eigenvalue weighted by atomic mass is 10.2. The van der Waals surface area contributed by atoms with E-state index in [9.17, 15) is 4.79 Å². The fraction of sp³-hybridized carbons (Fsp3) is 0.222. The molecule has 8 heteroatoms. The topological polar surface area (TPSA) is 82.0 Å². The van der Waals surface area contributed by atoms with Crippen LogP contribution in [0.25, 0.3) is 17.2 Å². The first-order valence-electron chi connectivity index (χ1n) is 8.41. The molecule has 4 heterocycles. The number of hydrogen-bond acceptors (Lipinski definition) is 4. The highest BCUT2D eigenvalue weighted by atomic mass is 16.1. The van der Waals surface area contributed by atoms with Gasteiger partial charge >= 0.3 is 0 Å². The minimum Gasteiger partial charge on any atom is -0.348 e. The lowest BCUT2D eigenvalue weighted by Gasteiger charge is -2.06. The van der Waals surface area contributed by atoms with Gasteiger partial charge in [-0.05, 0) is 31.2 Å². The number of aryl methyl sites for hydroxylation is 2. The summed E-state index contributed by atoms with van der Waals surface area (Å²) in [5.41, 5.74) is 3.00. The number of fused-ring (bicyclic) bond motifs is 1.